The molecule has 0 bridgehead atoms. The summed E-state index contributed by atoms with van der Waals surface area (Å²) in [5.41, 5.74) is 11.2. The van der Waals surface area contributed by atoms with Gasteiger partial charge in [-0.2, -0.15) is 0 Å². The highest BCUT2D eigenvalue weighted by atomic mass is 16.4. The molecule has 0 saturated carbocycles. The third-order valence-electron chi connectivity index (χ3n) is 4.83. The quantitative estimate of drug-likeness (QED) is 0.103. The molecule has 194 valence electrons. The molecule has 14 heteroatoms. The molecule has 0 aromatic heterocycles. The Labute approximate surface area is 196 Å². The van der Waals surface area contributed by atoms with Gasteiger partial charge in [0.25, 0.3) is 0 Å². The number of amides is 3. The topological polar surface area (TPSA) is 251 Å². The lowest BCUT2D eigenvalue weighted by atomic mass is 10.0. The van der Waals surface area contributed by atoms with Crippen LogP contribution < -0.4 is 27.4 Å². The largest absolute Gasteiger partial charge is 0.481 e. The first-order valence-electron chi connectivity index (χ1n) is 10.8. The molecule has 4 atom stereocenters. The third-order valence-corrected chi connectivity index (χ3v) is 4.83. The first kappa shape index (κ1) is 30.7. The normalized spacial score (nSPS) is 14.4. The van der Waals surface area contributed by atoms with Crippen LogP contribution in [0.25, 0.3) is 0 Å². The summed E-state index contributed by atoms with van der Waals surface area (Å²) in [4.78, 5) is 71.2. The van der Waals surface area contributed by atoms with Gasteiger partial charge < -0.3 is 42.7 Å². The van der Waals surface area contributed by atoms with Crippen molar-refractivity contribution < 1.29 is 44.1 Å². The van der Waals surface area contributed by atoms with Crippen LogP contribution in [0.2, 0.25) is 0 Å². The number of carboxylic acids is 3. The molecule has 10 N–H and O–H groups in total. The van der Waals surface area contributed by atoms with E-state index in [0.717, 1.165) is 0 Å². The standard InChI is InChI=1S/C20H35N5O9/c1-10(2)16(20(33)34)25-19(32)13(9-15(28)29)24-18(31)12(6-7-14(26)27)23-17(30)11(22)5-3-4-8-21/h10-13,16H,3-9,21-22H2,1-2H3,(H,23,30)(H,24,31)(H,25,32)(H,26,27)(H,28,29)(H,33,34). The average Bonchev–Trinajstić information content (AvgIpc) is 2.72. The van der Waals surface area contributed by atoms with E-state index in [9.17, 15) is 33.9 Å². The van der Waals surface area contributed by atoms with Crippen molar-refractivity contribution in [1.29, 1.82) is 0 Å². The molecule has 14 nitrogen and oxygen atoms in total. The second kappa shape index (κ2) is 15.6. The minimum absolute atomic E-state index is 0.270. The predicted molar refractivity (Wildman–Crippen MR) is 118 cm³/mol. The summed E-state index contributed by atoms with van der Waals surface area (Å²) in [6, 6.07) is -5.43. The molecule has 34 heavy (non-hydrogen) atoms. The molecular weight excluding hydrogens is 454 g/mol. The van der Waals surface area contributed by atoms with E-state index in [1.54, 1.807) is 0 Å². The van der Waals surface area contributed by atoms with Crippen molar-refractivity contribution in [2.24, 2.45) is 17.4 Å². The van der Waals surface area contributed by atoms with E-state index in [4.69, 9.17) is 21.7 Å². The van der Waals surface area contributed by atoms with E-state index in [-0.39, 0.29) is 12.8 Å². The molecule has 0 heterocycles. The number of carboxylic acid groups (broad SMARTS) is 3. The SMILES string of the molecule is CC(C)C(NC(=O)C(CC(=O)O)NC(=O)C(CCC(=O)O)NC(=O)C(N)CCCCN)C(=O)O. The molecule has 0 aromatic rings. The second-order valence-corrected chi connectivity index (χ2v) is 8.11. The summed E-state index contributed by atoms with van der Waals surface area (Å²) in [7, 11) is 0. The number of nitrogens with two attached hydrogens (primary N) is 2. The molecule has 0 aliphatic heterocycles. The lowest BCUT2D eigenvalue weighted by Crippen LogP contribution is -2.58. The molecule has 3 amide bonds. The van der Waals surface area contributed by atoms with Gasteiger partial charge in [0, 0.05) is 6.42 Å². The first-order chi connectivity index (χ1) is 15.8. The number of unbranched alkanes of at least 4 members (excludes halogenated alkanes) is 1. The summed E-state index contributed by atoms with van der Waals surface area (Å²) >= 11 is 0. The van der Waals surface area contributed by atoms with Gasteiger partial charge in [-0.25, -0.2) is 4.79 Å². The van der Waals surface area contributed by atoms with Crippen LogP contribution in [0.5, 0.6) is 0 Å². The third kappa shape index (κ3) is 12.1. The molecule has 0 aliphatic carbocycles. The van der Waals surface area contributed by atoms with E-state index in [2.05, 4.69) is 16.0 Å². The Morgan fingerprint density at radius 1 is 0.765 bits per heavy atom. The smallest absolute Gasteiger partial charge is 0.326 e. The van der Waals surface area contributed by atoms with Crippen molar-refractivity contribution >= 4 is 35.6 Å². The van der Waals surface area contributed by atoms with Crippen LogP contribution in [0.4, 0.5) is 0 Å². The summed E-state index contributed by atoms with van der Waals surface area (Å²) in [6.07, 6.45) is -0.285. The van der Waals surface area contributed by atoms with Gasteiger partial charge in [0.2, 0.25) is 17.7 Å². The monoisotopic (exact) mass is 489 g/mol. The lowest BCUT2D eigenvalue weighted by molar-refractivity contribution is -0.144. The molecule has 0 rings (SSSR count). The zero-order valence-corrected chi connectivity index (χ0v) is 19.3. The highest BCUT2D eigenvalue weighted by molar-refractivity contribution is 5.95. The van der Waals surface area contributed by atoms with Crippen LogP contribution in [0.1, 0.15) is 52.4 Å². The van der Waals surface area contributed by atoms with E-state index >= 15 is 0 Å². The van der Waals surface area contributed by atoms with Crippen LogP contribution in [-0.2, 0) is 28.8 Å². The van der Waals surface area contributed by atoms with Crippen molar-refractivity contribution in [2.45, 2.75) is 76.5 Å². The highest BCUT2D eigenvalue weighted by Gasteiger charge is 2.32. The molecular formula is C20H35N5O9. The Hall–Kier alpha value is -3.26. The van der Waals surface area contributed by atoms with Gasteiger partial charge in [-0.3, -0.25) is 24.0 Å². The predicted octanol–water partition coefficient (Wildman–Crippen LogP) is -2.02. The van der Waals surface area contributed by atoms with Crippen LogP contribution in [0, 0.1) is 5.92 Å². The molecule has 0 fully saturated rings. The Morgan fingerprint density at radius 3 is 1.79 bits per heavy atom. The summed E-state index contributed by atoms with van der Waals surface area (Å²) < 4.78 is 0. The number of rotatable bonds is 17. The summed E-state index contributed by atoms with van der Waals surface area (Å²) in [6.45, 7) is 3.46. The fourth-order valence-corrected chi connectivity index (χ4v) is 2.88. The molecule has 0 aromatic carbocycles. The molecule has 4 unspecified atom stereocenters. The maximum atomic E-state index is 12.8. The number of hydrogen-bond donors (Lipinski definition) is 8. The Kier molecular flexibility index (Phi) is 14.1. The second-order valence-electron chi connectivity index (χ2n) is 8.11. The maximum absolute atomic E-state index is 12.8. The highest BCUT2D eigenvalue weighted by Crippen LogP contribution is 2.06. The van der Waals surface area contributed by atoms with E-state index in [1.165, 1.54) is 13.8 Å². The Bertz CT molecular complexity index is 744. The van der Waals surface area contributed by atoms with Crippen molar-refractivity contribution in [3.05, 3.63) is 0 Å². The van der Waals surface area contributed by atoms with Crippen LogP contribution in [-0.4, -0.2) is 81.7 Å². The number of carbonyl (C=O) groups is 6. The Morgan fingerprint density at radius 2 is 1.32 bits per heavy atom. The van der Waals surface area contributed by atoms with E-state index in [1.807, 2.05) is 0 Å². The molecule has 0 aliphatic rings. The number of hydrogen-bond acceptors (Lipinski definition) is 8. The fourth-order valence-electron chi connectivity index (χ4n) is 2.88. The summed E-state index contributed by atoms with van der Waals surface area (Å²) in [5.74, 6) is -7.39. The zero-order valence-electron chi connectivity index (χ0n) is 19.3. The lowest BCUT2D eigenvalue weighted by Gasteiger charge is -2.25. The van der Waals surface area contributed by atoms with Crippen LogP contribution in [0.15, 0.2) is 0 Å². The first-order valence-corrected chi connectivity index (χ1v) is 10.8. The average molecular weight is 490 g/mol. The van der Waals surface area contributed by atoms with Crippen molar-refractivity contribution in [2.75, 3.05) is 6.54 Å². The zero-order chi connectivity index (χ0) is 26.4. The summed E-state index contributed by atoms with van der Waals surface area (Å²) in [5, 5.41) is 34.0. The fraction of sp³-hybridized carbons (Fsp3) is 0.700. The molecule has 0 radical (unpaired) electrons. The number of carbonyl (C=O) groups excluding carboxylic acids is 3. The van der Waals surface area contributed by atoms with Crippen LogP contribution >= 0.6 is 0 Å². The van der Waals surface area contributed by atoms with Gasteiger partial charge in [0.1, 0.15) is 18.1 Å². The van der Waals surface area contributed by atoms with Gasteiger partial charge >= 0.3 is 17.9 Å². The van der Waals surface area contributed by atoms with Gasteiger partial charge in [-0.15, -0.1) is 0 Å². The van der Waals surface area contributed by atoms with Crippen LogP contribution in [0.3, 0.4) is 0 Å². The minimum atomic E-state index is -1.67. The van der Waals surface area contributed by atoms with Crippen molar-refractivity contribution in [1.82, 2.24) is 16.0 Å². The van der Waals surface area contributed by atoms with E-state index in [0.29, 0.717) is 19.4 Å². The molecule has 0 saturated heterocycles. The van der Waals surface area contributed by atoms with Gasteiger partial charge in [0.15, 0.2) is 0 Å². The number of nitrogens with one attached hydrogen (secondary N) is 3. The minimum Gasteiger partial charge on any atom is -0.481 e. The van der Waals surface area contributed by atoms with Gasteiger partial charge in [-0.05, 0) is 31.7 Å². The Balaban J connectivity index is 5.50. The van der Waals surface area contributed by atoms with Gasteiger partial charge in [-0.1, -0.05) is 20.3 Å². The van der Waals surface area contributed by atoms with Crippen molar-refractivity contribution in [3.63, 3.8) is 0 Å². The van der Waals surface area contributed by atoms with Crippen molar-refractivity contribution in [3.8, 4) is 0 Å². The molecule has 0 spiro atoms. The number of aliphatic carboxylic acids is 3. The van der Waals surface area contributed by atoms with E-state index < -0.39 is 78.6 Å². The van der Waals surface area contributed by atoms with Gasteiger partial charge in [0.05, 0.1) is 12.5 Å². The maximum Gasteiger partial charge on any atom is 0.326 e.